The first kappa shape index (κ1) is 12.6. The molecule has 3 N–H and O–H groups in total. The van der Waals surface area contributed by atoms with Gasteiger partial charge in [-0.2, -0.15) is 0 Å². The van der Waals surface area contributed by atoms with Gasteiger partial charge >= 0.3 is 0 Å². The van der Waals surface area contributed by atoms with Crippen molar-refractivity contribution in [3.63, 3.8) is 0 Å². The summed E-state index contributed by atoms with van der Waals surface area (Å²) in [6.07, 6.45) is 4.61. The van der Waals surface area contributed by atoms with Crippen LogP contribution in [-0.2, 0) is 0 Å². The van der Waals surface area contributed by atoms with Crippen LogP contribution in [0.3, 0.4) is 0 Å². The molecule has 2 aromatic rings. The molecule has 0 saturated heterocycles. The van der Waals surface area contributed by atoms with Gasteiger partial charge in [0.15, 0.2) is 0 Å². The lowest BCUT2D eigenvalue weighted by Gasteiger charge is -2.15. The number of nitrogens with one attached hydrogen (secondary N) is 1. The average Bonchev–Trinajstić information content (AvgIpc) is 3.12. The summed E-state index contributed by atoms with van der Waals surface area (Å²) in [5.41, 5.74) is 3.96. The second-order valence-electron chi connectivity index (χ2n) is 4.77. The van der Waals surface area contributed by atoms with E-state index in [1.165, 1.54) is 0 Å². The lowest BCUT2D eigenvalue weighted by atomic mass is 10.1. The monoisotopic (exact) mass is 275 g/mol. The normalized spacial score (nSPS) is 16.3. The highest BCUT2D eigenvalue weighted by Gasteiger charge is 2.24. The van der Waals surface area contributed by atoms with Gasteiger partial charge in [0.25, 0.3) is 0 Å². The first-order chi connectivity index (χ1) is 9.26. The maximum atomic E-state index is 5.82. The largest absolute Gasteiger partial charge is 0.490 e. The second kappa shape index (κ2) is 5.28. The number of nitrogens with two attached hydrogens (primary N) is 1. The molecule has 0 aliphatic heterocycles. The van der Waals surface area contributed by atoms with E-state index in [1.54, 1.807) is 11.3 Å². The van der Waals surface area contributed by atoms with Crippen LogP contribution in [0.4, 0.5) is 0 Å². The molecule has 0 amide bonds. The molecule has 1 aliphatic carbocycles. The zero-order valence-electron chi connectivity index (χ0n) is 10.8. The number of hydrogen-bond donors (Lipinski definition) is 2. The molecular formula is C14H17N3OS. The fourth-order valence-electron chi connectivity index (χ4n) is 2.00. The Kier molecular flexibility index (Phi) is 3.50. The lowest BCUT2D eigenvalue weighted by Crippen LogP contribution is -2.28. The van der Waals surface area contributed by atoms with E-state index in [-0.39, 0.29) is 6.04 Å². The van der Waals surface area contributed by atoms with Gasteiger partial charge in [-0.05, 0) is 37.5 Å². The van der Waals surface area contributed by atoms with E-state index in [9.17, 15) is 0 Å². The zero-order chi connectivity index (χ0) is 13.2. The fraction of sp³-hybridized carbons (Fsp3) is 0.357. The first-order valence-electron chi connectivity index (χ1n) is 6.41. The van der Waals surface area contributed by atoms with Gasteiger partial charge in [0, 0.05) is 11.1 Å². The molecule has 1 aromatic heterocycles. The van der Waals surface area contributed by atoms with Crippen LogP contribution in [-0.4, -0.2) is 11.1 Å². The van der Waals surface area contributed by atoms with Crippen molar-refractivity contribution in [2.24, 2.45) is 5.84 Å². The number of hydrazine groups is 1. The van der Waals surface area contributed by atoms with Crippen LogP contribution in [0.25, 0.3) is 0 Å². The minimum atomic E-state index is -0.0334. The third-order valence-corrected chi connectivity index (χ3v) is 4.09. The molecule has 4 nitrogen and oxygen atoms in total. The van der Waals surface area contributed by atoms with Crippen LogP contribution in [0.2, 0.25) is 0 Å². The molecule has 1 heterocycles. The third-order valence-electron chi connectivity index (χ3n) is 3.11. The van der Waals surface area contributed by atoms with E-state index in [0.29, 0.717) is 6.10 Å². The maximum Gasteiger partial charge on any atom is 0.120 e. The quantitative estimate of drug-likeness (QED) is 0.650. The van der Waals surface area contributed by atoms with Crippen molar-refractivity contribution in [3.8, 4) is 5.75 Å². The molecule has 19 heavy (non-hydrogen) atoms. The molecule has 0 spiro atoms. The summed E-state index contributed by atoms with van der Waals surface area (Å²) in [4.78, 5) is 5.40. The smallest absolute Gasteiger partial charge is 0.120 e. The highest BCUT2D eigenvalue weighted by molar-refractivity contribution is 7.11. The van der Waals surface area contributed by atoms with Crippen molar-refractivity contribution in [3.05, 3.63) is 45.9 Å². The SMILES string of the molecule is Cc1ncc(C(NN)c2cccc(OC3CC3)c2)s1. The van der Waals surface area contributed by atoms with Crippen molar-refractivity contribution in [1.82, 2.24) is 10.4 Å². The van der Waals surface area contributed by atoms with Crippen molar-refractivity contribution < 1.29 is 4.74 Å². The zero-order valence-corrected chi connectivity index (χ0v) is 11.6. The van der Waals surface area contributed by atoms with Gasteiger partial charge in [0.1, 0.15) is 5.75 Å². The van der Waals surface area contributed by atoms with E-state index < -0.39 is 0 Å². The number of thiazole rings is 1. The van der Waals surface area contributed by atoms with Gasteiger partial charge in [-0.25, -0.2) is 10.4 Å². The van der Waals surface area contributed by atoms with Crippen molar-refractivity contribution in [2.45, 2.75) is 31.9 Å². The Morgan fingerprint density at radius 3 is 2.95 bits per heavy atom. The summed E-state index contributed by atoms with van der Waals surface area (Å²) in [7, 11) is 0. The number of nitrogens with zero attached hydrogens (tertiary/aromatic N) is 1. The summed E-state index contributed by atoms with van der Waals surface area (Å²) in [6.45, 7) is 1.99. The van der Waals surface area contributed by atoms with Gasteiger partial charge in [0.05, 0.1) is 17.2 Å². The van der Waals surface area contributed by atoms with Crippen LogP contribution in [0.1, 0.15) is 34.3 Å². The number of ether oxygens (including phenoxy) is 1. The molecule has 1 fully saturated rings. The Bertz CT molecular complexity index is 565. The van der Waals surface area contributed by atoms with Crippen LogP contribution in [0, 0.1) is 6.92 Å². The third kappa shape index (κ3) is 2.94. The van der Waals surface area contributed by atoms with E-state index in [0.717, 1.165) is 34.0 Å². The molecule has 5 heteroatoms. The summed E-state index contributed by atoms with van der Waals surface area (Å²) in [5, 5.41) is 1.04. The number of rotatable bonds is 5. The highest BCUT2D eigenvalue weighted by Crippen LogP contribution is 2.31. The van der Waals surface area contributed by atoms with Gasteiger partial charge in [0.2, 0.25) is 0 Å². The van der Waals surface area contributed by atoms with E-state index in [1.807, 2.05) is 25.3 Å². The lowest BCUT2D eigenvalue weighted by molar-refractivity contribution is 0.302. The standard InChI is InChI=1S/C14H17N3OS/c1-9-16-8-13(19-9)14(17-15)10-3-2-4-12(7-10)18-11-5-6-11/h2-4,7-8,11,14,17H,5-6,15H2,1H3. The van der Waals surface area contributed by atoms with E-state index in [4.69, 9.17) is 10.6 Å². The predicted octanol–water partition coefficient (Wildman–Crippen LogP) is 2.55. The average molecular weight is 275 g/mol. The Morgan fingerprint density at radius 2 is 2.32 bits per heavy atom. The number of hydrogen-bond acceptors (Lipinski definition) is 5. The van der Waals surface area contributed by atoms with Crippen molar-refractivity contribution in [1.29, 1.82) is 0 Å². The molecule has 0 radical (unpaired) electrons. The van der Waals surface area contributed by atoms with Gasteiger partial charge in [-0.3, -0.25) is 5.84 Å². The minimum absolute atomic E-state index is 0.0334. The van der Waals surface area contributed by atoms with Gasteiger partial charge < -0.3 is 4.74 Å². The molecule has 1 aromatic carbocycles. The second-order valence-corrected chi connectivity index (χ2v) is 6.04. The van der Waals surface area contributed by atoms with Crippen LogP contribution in [0.15, 0.2) is 30.5 Å². The van der Waals surface area contributed by atoms with Gasteiger partial charge in [-0.15, -0.1) is 11.3 Å². The summed E-state index contributed by atoms with van der Waals surface area (Å²) < 4.78 is 5.82. The van der Waals surface area contributed by atoms with Crippen LogP contribution in [0.5, 0.6) is 5.75 Å². The minimum Gasteiger partial charge on any atom is -0.490 e. The topological polar surface area (TPSA) is 60.2 Å². The van der Waals surface area contributed by atoms with Gasteiger partial charge in [-0.1, -0.05) is 12.1 Å². The predicted molar refractivity (Wildman–Crippen MR) is 76.1 cm³/mol. The highest BCUT2D eigenvalue weighted by atomic mass is 32.1. The Balaban J connectivity index is 1.85. The van der Waals surface area contributed by atoms with E-state index in [2.05, 4.69) is 22.5 Å². The molecule has 1 atom stereocenters. The molecular weight excluding hydrogens is 258 g/mol. The van der Waals surface area contributed by atoms with Crippen molar-refractivity contribution >= 4 is 11.3 Å². The fourth-order valence-corrected chi connectivity index (χ4v) is 2.87. The maximum absolute atomic E-state index is 5.82. The molecule has 0 bridgehead atoms. The van der Waals surface area contributed by atoms with E-state index >= 15 is 0 Å². The molecule has 1 saturated carbocycles. The molecule has 1 unspecified atom stereocenters. The number of aromatic nitrogens is 1. The Hall–Kier alpha value is -1.43. The van der Waals surface area contributed by atoms with Crippen LogP contribution >= 0.6 is 11.3 Å². The molecule has 100 valence electrons. The Labute approximate surface area is 116 Å². The summed E-state index contributed by atoms with van der Waals surface area (Å²) >= 11 is 1.65. The Morgan fingerprint density at radius 1 is 1.47 bits per heavy atom. The van der Waals surface area contributed by atoms with Crippen molar-refractivity contribution in [2.75, 3.05) is 0 Å². The molecule has 3 rings (SSSR count). The first-order valence-corrected chi connectivity index (χ1v) is 7.23. The van der Waals surface area contributed by atoms with Crippen LogP contribution < -0.4 is 16.0 Å². The number of benzene rings is 1. The molecule has 1 aliphatic rings. The number of aryl methyl sites for hydroxylation is 1. The summed E-state index contributed by atoms with van der Waals surface area (Å²) in [6, 6.07) is 8.07. The summed E-state index contributed by atoms with van der Waals surface area (Å²) in [5.74, 6) is 6.62.